The van der Waals surface area contributed by atoms with Crippen LogP contribution in [0, 0.1) is 5.82 Å². The van der Waals surface area contributed by atoms with Crippen LogP contribution < -0.4 is 15.5 Å². The Labute approximate surface area is 171 Å². The maximum Gasteiger partial charge on any atom is 0.240 e. The van der Waals surface area contributed by atoms with E-state index in [1.54, 1.807) is 7.11 Å². The van der Waals surface area contributed by atoms with Gasteiger partial charge in [0, 0.05) is 12.1 Å². The van der Waals surface area contributed by atoms with Gasteiger partial charge in [-0.2, -0.15) is 0 Å². The number of rotatable bonds is 5. The van der Waals surface area contributed by atoms with Gasteiger partial charge in [0.05, 0.1) is 13.2 Å². The van der Waals surface area contributed by atoms with Crippen LogP contribution in [0.4, 0.5) is 10.1 Å². The predicted molar refractivity (Wildman–Crippen MR) is 109 cm³/mol. The molecule has 0 unspecified atom stereocenters. The lowest BCUT2D eigenvalue weighted by molar-refractivity contribution is -0.116. The number of aryl methyl sites for hydroxylation is 1. The van der Waals surface area contributed by atoms with E-state index >= 15 is 0 Å². The molecule has 7 nitrogen and oxygen atoms in total. The fraction of sp³-hybridized carbons (Fsp3) is 0.250. The normalized spacial score (nSPS) is 17.9. The van der Waals surface area contributed by atoms with Gasteiger partial charge in [-0.3, -0.25) is 4.79 Å². The molecule has 4 rings (SSSR count). The first kappa shape index (κ1) is 19.3. The van der Waals surface area contributed by atoms with E-state index < -0.39 is 5.25 Å². The zero-order valence-corrected chi connectivity index (χ0v) is 16.7. The van der Waals surface area contributed by atoms with Gasteiger partial charge < -0.3 is 15.5 Å². The minimum Gasteiger partial charge on any atom is -0.497 e. The van der Waals surface area contributed by atoms with Crippen molar-refractivity contribution >= 4 is 23.4 Å². The molecular formula is C20H20FN5O2S. The van der Waals surface area contributed by atoms with Crippen molar-refractivity contribution in [1.82, 2.24) is 14.9 Å². The highest BCUT2D eigenvalue weighted by Gasteiger charge is 2.37. The summed E-state index contributed by atoms with van der Waals surface area (Å²) >= 11 is 1.35. The van der Waals surface area contributed by atoms with E-state index in [9.17, 15) is 9.18 Å². The number of methoxy groups -OCH3 is 1. The van der Waals surface area contributed by atoms with Crippen LogP contribution in [-0.2, 0) is 11.2 Å². The third-order valence-corrected chi connectivity index (χ3v) is 5.88. The summed E-state index contributed by atoms with van der Waals surface area (Å²) in [4.78, 5) is 13.1. The smallest absolute Gasteiger partial charge is 0.240 e. The molecule has 1 amide bonds. The largest absolute Gasteiger partial charge is 0.497 e. The van der Waals surface area contributed by atoms with E-state index in [1.165, 1.54) is 36.0 Å². The molecule has 2 atom stereocenters. The lowest BCUT2D eigenvalue weighted by Crippen LogP contribution is -2.41. The number of halogens is 1. The van der Waals surface area contributed by atoms with Crippen molar-refractivity contribution in [2.45, 2.75) is 29.8 Å². The molecular weight excluding hydrogens is 393 g/mol. The summed E-state index contributed by atoms with van der Waals surface area (Å²) in [6.07, 6.45) is 0.711. The quantitative estimate of drug-likeness (QED) is 0.667. The van der Waals surface area contributed by atoms with Crippen molar-refractivity contribution in [3.05, 3.63) is 65.7 Å². The number of nitrogens with one attached hydrogen (secondary N) is 2. The summed E-state index contributed by atoms with van der Waals surface area (Å²) in [6, 6.07) is 13.0. The van der Waals surface area contributed by atoms with Gasteiger partial charge in [0.2, 0.25) is 11.1 Å². The highest BCUT2D eigenvalue weighted by molar-refractivity contribution is 8.00. The number of ether oxygens (including phenoxy) is 1. The molecule has 1 aromatic heterocycles. The van der Waals surface area contributed by atoms with Crippen LogP contribution in [0.2, 0.25) is 0 Å². The predicted octanol–water partition coefficient (Wildman–Crippen LogP) is 3.39. The lowest BCUT2D eigenvalue weighted by atomic mass is 10.0. The molecule has 0 fully saturated rings. The van der Waals surface area contributed by atoms with E-state index in [1.807, 2.05) is 35.9 Å². The summed E-state index contributed by atoms with van der Waals surface area (Å²) in [7, 11) is 1.61. The monoisotopic (exact) mass is 413 g/mol. The number of amides is 1. The van der Waals surface area contributed by atoms with E-state index in [4.69, 9.17) is 4.74 Å². The zero-order chi connectivity index (χ0) is 20.4. The SMILES string of the molecule is CCc1nnc2n1N[C@H](c1ccc(OC)cc1)[C@H](C(=O)Nc1ccc(F)cc1)S2. The Morgan fingerprint density at radius 1 is 1.21 bits per heavy atom. The van der Waals surface area contributed by atoms with Gasteiger partial charge in [-0.15, -0.1) is 10.2 Å². The number of benzene rings is 2. The maximum absolute atomic E-state index is 13.2. The average molecular weight is 413 g/mol. The van der Waals surface area contributed by atoms with E-state index in [-0.39, 0.29) is 17.8 Å². The molecule has 0 bridgehead atoms. The third kappa shape index (κ3) is 3.91. The molecule has 0 aliphatic carbocycles. The number of carbonyl (C=O) groups is 1. The molecule has 0 saturated carbocycles. The number of nitrogens with zero attached hydrogens (tertiary/aromatic N) is 3. The van der Waals surface area contributed by atoms with Gasteiger partial charge in [0.1, 0.15) is 16.8 Å². The number of aromatic nitrogens is 3. The standard InChI is InChI=1S/C20H20FN5O2S/c1-3-16-23-24-20-26(16)25-17(12-4-10-15(28-2)11-5-12)18(29-20)19(27)22-14-8-6-13(21)7-9-14/h4-11,17-18,25H,3H2,1-2H3,(H,22,27)/t17-,18-/m1/s1. The van der Waals surface area contributed by atoms with Gasteiger partial charge in [0.15, 0.2) is 5.82 Å². The number of hydrogen-bond acceptors (Lipinski definition) is 6. The molecule has 9 heteroatoms. The van der Waals surface area contributed by atoms with E-state index in [2.05, 4.69) is 20.9 Å². The second-order valence-corrected chi connectivity index (χ2v) is 7.61. The topological polar surface area (TPSA) is 81.1 Å². The Bertz CT molecular complexity index is 1010. The molecule has 2 heterocycles. The van der Waals surface area contributed by atoms with Crippen molar-refractivity contribution in [2.24, 2.45) is 0 Å². The Morgan fingerprint density at radius 3 is 2.59 bits per heavy atom. The van der Waals surface area contributed by atoms with Crippen LogP contribution >= 0.6 is 11.8 Å². The molecule has 29 heavy (non-hydrogen) atoms. The fourth-order valence-corrected chi connectivity index (χ4v) is 4.23. The number of anilines is 1. The number of fused-ring (bicyclic) bond motifs is 1. The minimum absolute atomic E-state index is 0.206. The average Bonchev–Trinajstić information content (AvgIpc) is 3.16. The summed E-state index contributed by atoms with van der Waals surface area (Å²) in [6.45, 7) is 2.00. The highest BCUT2D eigenvalue weighted by atomic mass is 32.2. The molecule has 0 radical (unpaired) electrons. The van der Waals surface area contributed by atoms with Gasteiger partial charge >= 0.3 is 0 Å². The minimum atomic E-state index is -0.505. The van der Waals surface area contributed by atoms with Gasteiger partial charge in [-0.1, -0.05) is 30.8 Å². The summed E-state index contributed by atoms with van der Waals surface area (Å²) < 4.78 is 20.2. The lowest BCUT2D eigenvalue weighted by Gasteiger charge is -2.33. The Hall–Kier alpha value is -3.07. The molecule has 2 N–H and O–H groups in total. The first-order valence-electron chi connectivity index (χ1n) is 9.17. The molecule has 2 aromatic carbocycles. The van der Waals surface area contributed by atoms with Crippen LogP contribution in [0.15, 0.2) is 53.7 Å². The zero-order valence-electron chi connectivity index (χ0n) is 15.9. The van der Waals surface area contributed by atoms with Gasteiger partial charge in [0.25, 0.3) is 0 Å². The second kappa shape index (κ2) is 8.12. The third-order valence-electron chi connectivity index (χ3n) is 4.67. The number of thioether (sulfide) groups is 1. The van der Waals surface area contributed by atoms with E-state index in [0.29, 0.717) is 17.3 Å². The van der Waals surface area contributed by atoms with Crippen LogP contribution in [0.25, 0.3) is 0 Å². The Balaban J connectivity index is 1.65. The van der Waals surface area contributed by atoms with Crippen LogP contribution in [0.3, 0.4) is 0 Å². The Kier molecular flexibility index (Phi) is 5.39. The summed E-state index contributed by atoms with van der Waals surface area (Å²) in [5.41, 5.74) is 4.85. The second-order valence-electron chi connectivity index (χ2n) is 6.50. The molecule has 1 aliphatic heterocycles. The van der Waals surface area contributed by atoms with Crippen molar-refractivity contribution in [3.63, 3.8) is 0 Å². The van der Waals surface area contributed by atoms with Gasteiger partial charge in [-0.25, -0.2) is 9.07 Å². The molecule has 0 saturated heterocycles. The molecule has 150 valence electrons. The van der Waals surface area contributed by atoms with Crippen LogP contribution in [0.5, 0.6) is 5.75 Å². The fourth-order valence-electron chi connectivity index (χ4n) is 3.14. The highest BCUT2D eigenvalue weighted by Crippen LogP contribution is 2.38. The van der Waals surface area contributed by atoms with E-state index in [0.717, 1.165) is 17.1 Å². The number of hydrogen-bond donors (Lipinski definition) is 2. The molecule has 1 aliphatic rings. The van der Waals surface area contributed by atoms with Crippen LogP contribution in [-0.4, -0.2) is 33.1 Å². The van der Waals surface area contributed by atoms with Crippen molar-refractivity contribution in [2.75, 3.05) is 17.9 Å². The summed E-state index contributed by atoms with van der Waals surface area (Å²) in [5.74, 6) is 0.974. The molecule has 0 spiro atoms. The first-order valence-corrected chi connectivity index (χ1v) is 10.0. The maximum atomic E-state index is 13.2. The Morgan fingerprint density at radius 2 is 1.93 bits per heavy atom. The molecule has 3 aromatic rings. The van der Waals surface area contributed by atoms with Crippen molar-refractivity contribution < 1.29 is 13.9 Å². The van der Waals surface area contributed by atoms with Crippen molar-refractivity contribution in [3.8, 4) is 5.75 Å². The van der Waals surface area contributed by atoms with Gasteiger partial charge in [-0.05, 0) is 42.0 Å². The van der Waals surface area contributed by atoms with Crippen LogP contribution in [0.1, 0.15) is 24.4 Å². The number of carbonyl (C=O) groups excluding carboxylic acids is 1. The summed E-state index contributed by atoms with van der Waals surface area (Å²) in [5, 5.41) is 11.4. The van der Waals surface area contributed by atoms with Crippen molar-refractivity contribution in [1.29, 1.82) is 0 Å². The first-order chi connectivity index (χ1) is 14.1.